The average molecular weight is 247 g/mol. The molecule has 0 aliphatic carbocycles. The normalized spacial score (nSPS) is 25.4. The Balaban J connectivity index is 1.99. The molecule has 1 aliphatic rings. The van der Waals surface area contributed by atoms with E-state index in [0.717, 1.165) is 31.1 Å². The number of β-amino-alcohol motifs (C(OH)–C–C–N with tert-alkyl or cyclic N) is 1. The third-order valence-corrected chi connectivity index (χ3v) is 4.04. The zero-order valence-corrected chi connectivity index (χ0v) is 11.6. The van der Waals surface area contributed by atoms with Crippen molar-refractivity contribution in [2.75, 3.05) is 19.6 Å². The van der Waals surface area contributed by atoms with Crippen LogP contribution in [0.1, 0.15) is 38.7 Å². The van der Waals surface area contributed by atoms with Gasteiger partial charge in [-0.2, -0.15) is 0 Å². The first-order chi connectivity index (χ1) is 8.58. The Morgan fingerprint density at radius 1 is 1.22 bits per heavy atom. The van der Waals surface area contributed by atoms with Crippen LogP contribution in [0.25, 0.3) is 0 Å². The van der Waals surface area contributed by atoms with Gasteiger partial charge in [-0.3, -0.25) is 0 Å². The van der Waals surface area contributed by atoms with Gasteiger partial charge in [0, 0.05) is 6.54 Å². The first-order valence-corrected chi connectivity index (χ1v) is 7.08. The molecule has 1 heterocycles. The molecule has 2 rings (SSSR count). The van der Waals surface area contributed by atoms with Gasteiger partial charge in [-0.15, -0.1) is 0 Å². The van der Waals surface area contributed by atoms with Gasteiger partial charge in [0.25, 0.3) is 0 Å². The first kappa shape index (κ1) is 13.6. The van der Waals surface area contributed by atoms with Crippen molar-refractivity contribution in [3.8, 4) is 0 Å². The van der Waals surface area contributed by atoms with Crippen LogP contribution in [0.5, 0.6) is 0 Å². The number of benzene rings is 1. The second-order valence-electron chi connectivity index (χ2n) is 5.95. The SMILES string of the molecule is CC1CCCN(CC(C)(O)c2ccccc2)CC1. The molecular weight excluding hydrogens is 222 g/mol. The third-order valence-electron chi connectivity index (χ3n) is 4.04. The molecule has 1 fully saturated rings. The lowest BCUT2D eigenvalue weighted by Gasteiger charge is -2.31. The van der Waals surface area contributed by atoms with E-state index in [4.69, 9.17) is 0 Å². The molecule has 18 heavy (non-hydrogen) atoms. The zero-order chi connectivity index (χ0) is 13.0. The summed E-state index contributed by atoms with van der Waals surface area (Å²) in [7, 11) is 0. The van der Waals surface area contributed by atoms with Crippen LogP contribution < -0.4 is 0 Å². The van der Waals surface area contributed by atoms with E-state index < -0.39 is 5.60 Å². The summed E-state index contributed by atoms with van der Waals surface area (Å²) in [5, 5.41) is 10.7. The Bertz CT molecular complexity index is 361. The van der Waals surface area contributed by atoms with E-state index in [-0.39, 0.29) is 0 Å². The number of hydrogen-bond acceptors (Lipinski definition) is 2. The maximum Gasteiger partial charge on any atom is 0.0994 e. The van der Waals surface area contributed by atoms with Crippen LogP contribution in [0.2, 0.25) is 0 Å². The molecule has 1 aromatic rings. The number of rotatable bonds is 3. The lowest BCUT2D eigenvalue weighted by atomic mass is 9.95. The smallest absolute Gasteiger partial charge is 0.0994 e. The molecular formula is C16H25NO. The van der Waals surface area contributed by atoms with Crippen LogP contribution in [0.4, 0.5) is 0 Å². The summed E-state index contributed by atoms with van der Waals surface area (Å²) in [6.07, 6.45) is 3.83. The fraction of sp³-hybridized carbons (Fsp3) is 0.625. The summed E-state index contributed by atoms with van der Waals surface area (Å²) < 4.78 is 0. The van der Waals surface area contributed by atoms with Gasteiger partial charge in [-0.25, -0.2) is 0 Å². The molecule has 2 heteroatoms. The van der Waals surface area contributed by atoms with E-state index in [1.807, 2.05) is 37.3 Å². The summed E-state index contributed by atoms with van der Waals surface area (Å²) in [5.74, 6) is 0.830. The molecule has 2 nitrogen and oxygen atoms in total. The largest absolute Gasteiger partial charge is 0.384 e. The Kier molecular flexibility index (Phi) is 4.41. The van der Waals surface area contributed by atoms with Gasteiger partial charge in [-0.1, -0.05) is 37.3 Å². The maximum absolute atomic E-state index is 10.7. The second kappa shape index (κ2) is 5.85. The highest BCUT2D eigenvalue weighted by Gasteiger charge is 2.26. The molecule has 0 spiro atoms. The Morgan fingerprint density at radius 2 is 1.94 bits per heavy atom. The molecule has 2 unspecified atom stereocenters. The van der Waals surface area contributed by atoms with Crippen LogP contribution in [-0.2, 0) is 5.60 Å². The molecule has 1 aliphatic heterocycles. The summed E-state index contributed by atoms with van der Waals surface area (Å²) in [6.45, 7) is 7.23. The molecule has 0 bridgehead atoms. The lowest BCUT2D eigenvalue weighted by molar-refractivity contribution is 0.0166. The third kappa shape index (κ3) is 3.56. The van der Waals surface area contributed by atoms with Gasteiger partial charge >= 0.3 is 0 Å². The fourth-order valence-electron chi connectivity index (χ4n) is 2.80. The standard InChI is InChI=1S/C16H25NO/c1-14-7-6-11-17(12-10-14)13-16(2,18)15-8-4-3-5-9-15/h3-5,8-9,14,18H,6-7,10-13H2,1-2H3. The van der Waals surface area contributed by atoms with E-state index >= 15 is 0 Å². The van der Waals surface area contributed by atoms with E-state index in [9.17, 15) is 5.11 Å². The highest BCUT2D eigenvalue weighted by Crippen LogP contribution is 2.24. The van der Waals surface area contributed by atoms with Gasteiger partial charge in [-0.05, 0) is 50.8 Å². The minimum Gasteiger partial charge on any atom is -0.384 e. The Labute approximate surface area is 111 Å². The molecule has 2 atom stereocenters. The first-order valence-electron chi connectivity index (χ1n) is 7.08. The summed E-state index contributed by atoms with van der Waals surface area (Å²) in [4.78, 5) is 2.41. The topological polar surface area (TPSA) is 23.5 Å². The monoisotopic (exact) mass is 247 g/mol. The van der Waals surface area contributed by atoms with Gasteiger partial charge in [0.2, 0.25) is 0 Å². The Morgan fingerprint density at radius 3 is 2.67 bits per heavy atom. The van der Waals surface area contributed by atoms with Gasteiger partial charge in [0.15, 0.2) is 0 Å². The predicted octanol–water partition coefficient (Wildman–Crippen LogP) is 3.02. The zero-order valence-electron chi connectivity index (χ0n) is 11.6. The minimum absolute atomic E-state index is 0.740. The summed E-state index contributed by atoms with van der Waals surface area (Å²) in [6, 6.07) is 10.0. The number of aliphatic hydroxyl groups is 1. The molecule has 1 N–H and O–H groups in total. The van der Waals surface area contributed by atoms with Crippen molar-refractivity contribution in [2.45, 2.75) is 38.7 Å². The van der Waals surface area contributed by atoms with Crippen LogP contribution in [0, 0.1) is 5.92 Å². The van der Waals surface area contributed by atoms with Crippen molar-refractivity contribution >= 4 is 0 Å². The summed E-state index contributed by atoms with van der Waals surface area (Å²) >= 11 is 0. The fourth-order valence-corrected chi connectivity index (χ4v) is 2.80. The van der Waals surface area contributed by atoms with Crippen molar-refractivity contribution in [2.24, 2.45) is 5.92 Å². The van der Waals surface area contributed by atoms with E-state index in [1.165, 1.54) is 19.3 Å². The Hall–Kier alpha value is -0.860. The summed E-state index contributed by atoms with van der Waals surface area (Å²) in [5.41, 5.74) is 0.275. The highest BCUT2D eigenvalue weighted by molar-refractivity contribution is 5.21. The number of likely N-dealkylation sites (tertiary alicyclic amines) is 1. The van der Waals surface area contributed by atoms with Crippen LogP contribution in [0.15, 0.2) is 30.3 Å². The molecule has 1 saturated heterocycles. The second-order valence-corrected chi connectivity index (χ2v) is 5.95. The van der Waals surface area contributed by atoms with E-state index in [1.54, 1.807) is 0 Å². The van der Waals surface area contributed by atoms with Crippen LogP contribution >= 0.6 is 0 Å². The van der Waals surface area contributed by atoms with Crippen molar-refractivity contribution in [1.29, 1.82) is 0 Å². The molecule has 0 saturated carbocycles. The van der Waals surface area contributed by atoms with Crippen molar-refractivity contribution in [3.63, 3.8) is 0 Å². The quantitative estimate of drug-likeness (QED) is 0.887. The number of nitrogens with zero attached hydrogens (tertiary/aromatic N) is 1. The highest BCUT2D eigenvalue weighted by atomic mass is 16.3. The molecule has 1 aromatic carbocycles. The van der Waals surface area contributed by atoms with Crippen molar-refractivity contribution in [1.82, 2.24) is 4.90 Å². The van der Waals surface area contributed by atoms with E-state index in [0.29, 0.717) is 0 Å². The van der Waals surface area contributed by atoms with Crippen molar-refractivity contribution in [3.05, 3.63) is 35.9 Å². The molecule has 100 valence electrons. The van der Waals surface area contributed by atoms with Crippen LogP contribution in [0.3, 0.4) is 0 Å². The lowest BCUT2D eigenvalue weighted by Crippen LogP contribution is -2.39. The maximum atomic E-state index is 10.7. The predicted molar refractivity (Wildman–Crippen MR) is 75.5 cm³/mol. The molecule has 0 radical (unpaired) electrons. The average Bonchev–Trinajstić information content (AvgIpc) is 2.55. The molecule has 0 aromatic heterocycles. The minimum atomic E-state index is -0.741. The molecule has 0 amide bonds. The van der Waals surface area contributed by atoms with Gasteiger partial charge in [0.1, 0.15) is 0 Å². The van der Waals surface area contributed by atoms with Crippen molar-refractivity contribution < 1.29 is 5.11 Å². The van der Waals surface area contributed by atoms with E-state index in [2.05, 4.69) is 11.8 Å². The van der Waals surface area contributed by atoms with Crippen LogP contribution in [-0.4, -0.2) is 29.6 Å². The van der Waals surface area contributed by atoms with Gasteiger partial charge in [0.05, 0.1) is 5.60 Å². The van der Waals surface area contributed by atoms with Gasteiger partial charge < -0.3 is 10.0 Å². The number of hydrogen-bond donors (Lipinski definition) is 1.